The number of hydrogen-bond acceptors (Lipinski definition) is 3. The maximum atomic E-state index is 3.98. The molecule has 3 heteroatoms. The Morgan fingerprint density at radius 1 is 0.619 bits per heavy atom. The van der Waals surface area contributed by atoms with Crippen LogP contribution in [0.1, 0.15) is 80.1 Å². The summed E-state index contributed by atoms with van der Waals surface area (Å²) in [7, 11) is 0. The van der Waals surface area contributed by atoms with Gasteiger partial charge in [-0.1, -0.05) is 80.1 Å². The minimum absolute atomic E-state index is 0.580. The summed E-state index contributed by atoms with van der Waals surface area (Å²) in [6.07, 6.45) is 9.60. The van der Waals surface area contributed by atoms with Gasteiger partial charge >= 0.3 is 0 Å². The van der Waals surface area contributed by atoms with E-state index < -0.39 is 0 Å². The number of hydrazine groups is 1. The van der Waals surface area contributed by atoms with Crippen LogP contribution in [0.25, 0.3) is 0 Å². The zero-order valence-corrected chi connectivity index (χ0v) is 15.1. The van der Waals surface area contributed by atoms with Crippen LogP contribution in [-0.4, -0.2) is 28.5 Å². The summed E-state index contributed by atoms with van der Waals surface area (Å²) in [5, 5.41) is 9.39. The van der Waals surface area contributed by atoms with Gasteiger partial charge in [0, 0.05) is 0 Å². The Kier molecular flexibility index (Phi) is 6.10. The molecule has 0 saturated carbocycles. The molecule has 1 N–H and O–H groups in total. The van der Waals surface area contributed by atoms with E-state index in [2.05, 4.69) is 56.9 Å². The minimum Gasteiger partial charge on any atom is -0.284 e. The summed E-state index contributed by atoms with van der Waals surface area (Å²) in [5.74, 6) is 2.40. The fourth-order valence-electron chi connectivity index (χ4n) is 4.47. The molecule has 0 aromatic carbocycles. The molecule has 0 radical (unpaired) electrons. The van der Waals surface area contributed by atoms with Gasteiger partial charge in [-0.05, 0) is 17.8 Å². The highest BCUT2D eigenvalue weighted by atomic mass is 15.9. The first kappa shape index (κ1) is 17.2. The van der Waals surface area contributed by atoms with Gasteiger partial charge in [0.25, 0.3) is 0 Å². The topological polar surface area (TPSA) is 18.0 Å². The van der Waals surface area contributed by atoms with E-state index in [-0.39, 0.29) is 0 Å². The molecule has 3 nitrogen and oxygen atoms in total. The molecule has 0 bridgehead atoms. The van der Waals surface area contributed by atoms with Crippen molar-refractivity contribution in [1.29, 1.82) is 0 Å². The molecule has 0 aliphatic carbocycles. The number of hydrogen-bond donors (Lipinski definition) is 1. The Hall–Kier alpha value is -0.120. The maximum absolute atomic E-state index is 3.98. The van der Waals surface area contributed by atoms with E-state index in [1.807, 2.05) is 0 Å². The van der Waals surface area contributed by atoms with Gasteiger partial charge in [-0.3, -0.25) is 5.32 Å². The summed E-state index contributed by atoms with van der Waals surface area (Å²) in [5.41, 5.74) is 0. The monoisotopic (exact) mass is 295 g/mol. The van der Waals surface area contributed by atoms with Crippen LogP contribution in [-0.2, 0) is 0 Å². The summed E-state index contributed by atoms with van der Waals surface area (Å²) in [6.45, 7) is 14.1. The highest BCUT2D eigenvalue weighted by Crippen LogP contribution is 2.47. The van der Waals surface area contributed by atoms with Crippen LogP contribution in [0, 0.1) is 17.8 Å². The highest BCUT2D eigenvalue weighted by Gasteiger charge is 2.62. The highest BCUT2D eigenvalue weighted by molar-refractivity contribution is 5.04. The molecule has 0 aromatic heterocycles. The van der Waals surface area contributed by atoms with Crippen LogP contribution in [0.5, 0.6) is 0 Å². The summed E-state index contributed by atoms with van der Waals surface area (Å²) in [4.78, 5) is 0. The summed E-state index contributed by atoms with van der Waals surface area (Å²) in [6, 6.07) is 0. The van der Waals surface area contributed by atoms with Gasteiger partial charge in [-0.15, -0.1) is 0 Å². The van der Waals surface area contributed by atoms with Crippen molar-refractivity contribution in [3.63, 3.8) is 0 Å². The van der Waals surface area contributed by atoms with Gasteiger partial charge in [0.1, 0.15) is 0 Å². The molecule has 2 rings (SSSR count). The van der Waals surface area contributed by atoms with Gasteiger partial charge < -0.3 is 0 Å². The average Bonchev–Trinajstić information content (AvgIpc) is 3.11. The Morgan fingerprint density at radius 2 is 0.952 bits per heavy atom. The third kappa shape index (κ3) is 3.02. The Morgan fingerprint density at radius 3 is 1.24 bits per heavy atom. The third-order valence-corrected chi connectivity index (χ3v) is 6.13. The first-order valence-electron chi connectivity index (χ1n) is 9.50. The van der Waals surface area contributed by atoms with Crippen LogP contribution in [0.4, 0.5) is 0 Å². The molecule has 2 fully saturated rings. The van der Waals surface area contributed by atoms with E-state index in [0.717, 1.165) is 17.8 Å². The zero-order chi connectivity index (χ0) is 15.6. The molecule has 2 aliphatic rings. The lowest BCUT2D eigenvalue weighted by Gasteiger charge is -2.30. The van der Waals surface area contributed by atoms with Crippen LogP contribution in [0.2, 0.25) is 0 Å². The molecule has 0 aromatic rings. The van der Waals surface area contributed by atoms with Crippen molar-refractivity contribution in [1.82, 2.24) is 15.3 Å². The molecule has 21 heavy (non-hydrogen) atoms. The Balaban J connectivity index is 2.16. The predicted octanol–water partition coefficient (Wildman–Crippen LogP) is 4.41. The van der Waals surface area contributed by atoms with Crippen LogP contribution < -0.4 is 5.32 Å². The van der Waals surface area contributed by atoms with Crippen LogP contribution in [0.3, 0.4) is 0 Å². The standard InChI is InChI=1S/C18H37N3/c1-7-13(8-2)16-19-17(14(9-3)10-4)21-18(20(16)21)15(11-5)12-6/h13-19H,7-12H2,1-6H3. The molecule has 4 unspecified atom stereocenters. The molecule has 0 amide bonds. The van der Waals surface area contributed by atoms with E-state index >= 15 is 0 Å². The maximum Gasteiger partial charge on any atom is 0.0959 e. The SMILES string of the molecule is CCC(CC)C1NC(C(CC)CC)N2C(C(CC)CC)N12. The molecule has 2 saturated heterocycles. The van der Waals surface area contributed by atoms with Gasteiger partial charge in [-0.25, -0.2) is 10.0 Å². The van der Waals surface area contributed by atoms with Crippen molar-refractivity contribution in [2.75, 3.05) is 0 Å². The Bertz CT molecular complexity index is 284. The minimum atomic E-state index is 0.580. The lowest BCUT2D eigenvalue weighted by molar-refractivity contribution is 0.192. The second-order valence-corrected chi connectivity index (χ2v) is 6.96. The first-order chi connectivity index (χ1) is 10.2. The number of nitrogens with zero attached hydrogens (tertiary/aromatic N) is 2. The average molecular weight is 296 g/mol. The first-order valence-corrected chi connectivity index (χ1v) is 9.50. The largest absolute Gasteiger partial charge is 0.284 e. The fourth-order valence-corrected chi connectivity index (χ4v) is 4.47. The van der Waals surface area contributed by atoms with Crippen LogP contribution in [0.15, 0.2) is 0 Å². The van der Waals surface area contributed by atoms with E-state index in [4.69, 9.17) is 0 Å². The lowest BCUT2D eigenvalue weighted by atomic mass is 9.94. The quantitative estimate of drug-likeness (QED) is 0.636. The van der Waals surface area contributed by atoms with Crippen molar-refractivity contribution in [3.05, 3.63) is 0 Å². The molecule has 0 spiro atoms. The lowest BCUT2D eigenvalue weighted by Crippen LogP contribution is -2.48. The molecular formula is C18H37N3. The predicted molar refractivity (Wildman–Crippen MR) is 90.4 cm³/mol. The molecular weight excluding hydrogens is 258 g/mol. The molecule has 2 aliphatic heterocycles. The molecule has 2 heterocycles. The normalized spacial score (nSPS) is 35.0. The number of rotatable bonds is 9. The summed E-state index contributed by atoms with van der Waals surface area (Å²) < 4.78 is 0. The zero-order valence-electron chi connectivity index (χ0n) is 15.1. The van der Waals surface area contributed by atoms with Crippen molar-refractivity contribution < 1.29 is 0 Å². The van der Waals surface area contributed by atoms with Crippen molar-refractivity contribution >= 4 is 0 Å². The molecule has 124 valence electrons. The van der Waals surface area contributed by atoms with Crippen molar-refractivity contribution in [2.45, 2.75) is 98.6 Å². The Labute approximate surface area is 132 Å². The van der Waals surface area contributed by atoms with Crippen LogP contribution >= 0.6 is 0 Å². The third-order valence-electron chi connectivity index (χ3n) is 6.13. The van der Waals surface area contributed by atoms with Gasteiger partial charge in [-0.2, -0.15) is 0 Å². The number of nitrogens with one attached hydrogen (secondary N) is 1. The van der Waals surface area contributed by atoms with Gasteiger partial charge in [0.2, 0.25) is 0 Å². The second kappa shape index (κ2) is 7.43. The smallest absolute Gasteiger partial charge is 0.0959 e. The van der Waals surface area contributed by atoms with Gasteiger partial charge in [0.05, 0.1) is 18.5 Å². The number of fused-ring (bicyclic) bond motifs is 1. The molecule has 4 atom stereocenters. The van der Waals surface area contributed by atoms with E-state index in [0.29, 0.717) is 18.5 Å². The van der Waals surface area contributed by atoms with Crippen molar-refractivity contribution in [2.24, 2.45) is 17.8 Å². The van der Waals surface area contributed by atoms with Crippen molar-refractivity contribution in [3.8, 4) is 0 Å². The fraction of sp³-hybridized carbons (Fsp3) is 1.00. The second-order valence-electron chi connectivity index (χ2n) is 6.96. The van der Waals surface area contributed by atoms with Gasteiger partial charge in [0.15, 0.2) is 0 Å². The van der Waals surface area contributed by atoms with E-state index in [9.17, 15) is 0 Å². The summed E-state index contributed by atoms with van der Waals surface area (Å²) >= 11 is 0. The van der Waals surface area contributed by atoms with E-state index in [1.54, 1.807) is 0 Å². The van der Waals surface area contributed by atoms with E-state index in [1.165, 1.54) is 38.5 Å².